The average molecular weight is 278 g/mol. The second-order valence-corrected chi connectivity index (χ2v) is 7.75. The van der Waals surface area contributed by atoms with Gasteiger partial charge in [-0.3, -0.25) is 4.90 Å². The first kappa shape index (κ1) is 15.9. The first-order valence-corrected chi connectivity index (χ1v) is 8.28. The Morgan fingerprint density at radius 1 is 1.17 bits per heavy atom. The molecule has 1 fully saturated rings. The smallest absolute Gasteiger partial charge is 0.214 e. The van der Waals surface area contributed by atoms with Gasteiger partial charge in [0.05, 0.1) is 11.4 Å². The van der Waals surface area contributed by atoms with Gasteiger partial charge in [-0.15, -0.1) is 0 Å². The van der Waals surface area contributed by atoms with E-state index in [1.165, 1.54) is 0 Å². The van der Waals surface area contributed by atoms with Gasteiger partial charge in [0.15, 0.2) is 0 Å². The molecular formula is C12H26N2O3S. The van der Waals surface area contributed by atoms with E-state index in [2.05, 4.69) is 4.90 Å². The lowest BCUT2D eigenvalue weighted by Crippen LogP contribution is -2.52. The quantitative estimate of drug-likeness (QED) is 0.769. The molecule has 1 aliphatic heterocycles. The number of sulfonamides is 1. The van der Waals surface area contributed by atoms with Crippen molar-refractivity contribution in [3.05, 3.63) is 0 Å². The van der Waals surface area contributed by atoms with Gasteiger partial charge in [-0.05, 0) is 20.3 Å². The van der Waals surface area contributed by atoms with Gasteiger partial charge in [0.2, 0.25) is 10.0 Å². The average Bonchev–Trinajstić information content (AvgIpc) is 2.25. The van der Waals surface area contributed by atoms with E-state index in [9.17, 15) is 13.5 Å². The zero-order chi connectivity index (χ0) is 13.8. The number of hydrogen-bond acceptors (Lipinski definition) is 4. The monoisotopic (exact) mass is 278 g/mol. The molecule has 0 aromatic rings. The normalized spacial score (nSPS) is 20.2. The number of aliphatic hydroxyl groups is 1. The molecule has 108 valence electrons. The Kier molecular flexibility index (Phi) is 5.58. The predicted octanol–water partition coefficient (Wildman–Crippen LogP) is 0.505. The van der Waals surface area contributed by atoms with E-state index in [-0.39, 0.29) is 5.75 Å². The van der Waals surface area contributed by atoms with Crippen LogP contribution in [-0.4, -0.2) is 66.8 Å². The topological polar surface area (TPSA) is 60.9 Å². The van der Waals surface area contributed by atoms with Gasteiger partial charge in [-0.2, -0.15) is 4.31 Å². The third-order valence-electron chi connectivity index (χ3n) is 3.09. The fourth-order valence-electron chi connectivity index (χ4n) is 2.17. The second-order valence-electron chi connectivity index (χ2n) is 5.66. The van der Waals surface area contributed by atoms with Crippen molar-refractivity contribution in [1.29, 1.82) is 0 Å². The molecule has 1 heterocycles. The van der Waals surface area contributed by atoms with Crippen LogP contribution in [0.1, 0.15) is 33.6 Å². The molecule has 1 saturated heterocycles. The Morgan fingerprint density at radius 2 is 1.72 bits per heavy atom. The van der Waals surface area contributed by atoms with Crippen LogP contribution in [0.3, 0.4) is 0 Å². The lowest BCUT2D eigenvalue weighted by atomic mass is 10.1. The van der Waals surface area contributed by atoms with Crippen LogP contribution in [0.15, 0.2) is 0 Å². The fraction of sp³-hybridized carbons (Fsp3) is 1.00. The highest BCUT2D eigenvalue weighted by Crippen LogP contribution is 2.12. The molecule has 0 aromatic heterocycles. The third-order valence-corrected chi connectivity index (χ3v) is 5.05. The SMILES string of the molecule is CCCCS(=O)(=O)N1CCN(CC(C)(C)O)CC1. The number of rotatable bonds is 6. The van der Waals surface area contributed by atoms with E-state index in [0.717, 1.165) is 12.8 Å². The Bertz CT molecular complexity index is 341. The zero-order valence-electron chi connectivity index (χ0n) is 11.7. The number of nitrogens with zero attached hydrogens (tertiary/aromatic N) is 2. The maximum absolute atomic E-state index is 12.0. The molecule has 0 radical (unpaired) electrons. The summed E-state index contributed by atoms with van der Waals surface area (Å²) in [6, 6.07) is 0. The first-order valence-electron chi connectivity index (χ1n) is 6.67. The molecule has 0 amide bonds. The summed E-state index contributed by atoms with van der Waals surface area (Å²) in [5.41, 5.74) is -0.719. The van der Waals surface area contributed by atoms with Crippen molar-refractivity contribution >= 4 is 10.0 Å². The molecule has 0 aliphatic carbocycles. The summed E-state index contributed by atoms with van der Waals surface area (Å²) in [4.78, 5) is 2.12. The van der Waals surface area contributed by atoms with Crippen molar-refractivity contribution in [3.63, 3.8) is 0 Å². The van der Waals surface area contributed by atoms with Gasteiger partial charge in [0.25, 0.3) is 0 Å². The van der Waals surface area contributed by atoms with Crippen molar-refractivity contribution in [3.8, 4) is 0 Å². The summed E-state index contributed by atoms with van der Waals surface area (Å²) in [6.07, 6.45) is 1.63. The molecule has 1 N–H and O–H groups in total. The van der Waals surface area contributed by atoms with E-state index < -0.39 is 15.6 Å². The Balaban J connectivity index is 2.44. The van der Waals surface area contributed by atoms with E-state index in [0.29, 0.717) is 32.7 Å². The molecule has 6 heteroatoms. The van der Waals surface area contributed by atoms with Crippen LogP contribution in [0.4, 0.5) is 0 Å². The summed E-state index contributed by atoms with van der Waals surface area (Å²) in [5, 5.41) is 9.74. The summed E-state index contributed by atoms with van der Waals surface area (Å²) in [6.45, 7) is 8.64. The van der Waals surface area contributed by atoms with Crippen LogP contribution >= 0.6 is 0 Å². The minimum atomic E-state index is -3.07. The van der Waals surface area contributed by atoms with Crippen molar-refractivity contribution in [2.24, 2.45) is 0 Å². The van der Waals surface area contributed by atoms with Gasteiger partial charge in [-0.25, -0.2) is 8.42 Å². The molecule has 0 unspecified atom stereocenters. The molecule has 1 aliphatic rings. The van der Waals surface area contributed by atoms with Crippen LogP contribution in [0, 0.1) is 0 Å². The van der Waals surface area contributed by atoms with Gasteiger partial charge in [0.1, 0.15) is 0 Å². The zero-order valence-corrected chi connectivity index (χ0v) is 12.5. The summed E-state index contributed by atoms with van der Waals surface area (Å²) < 4.78 is 25.6. The molecule has 5 nitrogen and oxygen atoms in total. The Hall–Kier alpha value is -0.170. The molecular weight excluding hydrogens is 252 g/mol. The molecule has 0 atom stereocenters. The van der Waals surface area contributed by atoms with E-state index in [1.807, 2.05) is 6.92 Å². The van der Waals surface area contributed by atoms with Gasteiger partial charge >= 0.3 is 0 Å². The van der Waals surface area contributed by atoms with E-state index in [4.69, 9.17) is 0 Å². The van der Waals surface area contributed by atoms with Gasteiger partial charge < -0.3 is 5.11 Å². The van der Waals surface area contributed by atoms with Gasteiger partial charge in [-0.1, -0.05) is 13.3 Å². The highest BCUT2D eigenvalue weighted by molar-refractivity contribution is 7.89. The van der Waals surface area contributed by atoms with Gasteiger partial charge in [0, 0.05) is 32.7 Å². The standard InChI is InChI=1S/C12H26N2O3S/c1-4-5-10-18(16,17)14-8-6-13(7-9-14)11-12(2,3)15/h15H,4-11H2,1-3H3. The summed E-state index contributed by atoms with van der Waals surface area (Å²) >= 11 is 0. The highest BCUT2D eigenvalue weighted by atomic mass is 32.2. The minimum absolute atomic E-state index is 0.259. The highest BCUT2D eigenvalue weighted by Gasteiger charge is 2.28. The summed E-state index contributed by atoms with van der Waals surface area (Å²) in [7, 11) is -3.07. The van der Waals surface area contributed by atoms with Crippen molar-refractivity contribution in [1.82, 2.24) is 9.21 Å². The number of hydrogen-bond donors (Lipinski definition) is 1. The molecule has 0 spiro atoms. The predicted molar refractivity (Wildman–Crippen MR) is 73.0 cm³/mol. The second kappa shape index (κ2) is 6.32. The van der Waals surface area contributed by atoms with Crippen LogP contribution < -0.4 is 0 Å². The first-order chi connectivity index (χ1) is 8.24. The number of β-amino-alcohol motifs (C(OH)–C–C–N with tert-alkyl or cyclic N) is 1. The lowest BCUT2D eigenvalue weighted by molar-refractivity contribution is 0.0263. The van der Waals surface area contributed by atoms with Crippen LogP contribution in [0.5, 0.6) is 0 Å². The molecule has 0 aromatic carbocycles. The van der Waals surface area contributed by atoms with Crippen molar-refractivity contribution < 1.29 is 13.5 Å². The third kappa shape index (κ3) is 5.22. The Labute approximate surface area is 111 Å². The number of piperazine rings is 1. The van der Waals surface area contributed by atoms with E-state index in [1.54, 1.807) is 18.2 Å². The van der Waals surface area contributed by atoms with Crippen LogP contribution in [-0.2, 0) is 10.0 Å². The maximum atomic E-state index is 12.0. The Morgan fingerprint density at radius 3 is 2.17 bits per heavy atom. The molecule has 18 heavy (non-hydrogen) atoms. The summed E-state index contributed by atoms with van der Waals surface area (Å²) in [5.74, 6) is 0.259. The minimum Gasteiger partial charge on any atom is -0.389 e. The maximum Gasteiger partial charge on any atom is 0.214 e. The fourth-order valence-corrected chi connectivity index (χ4v) is 3.80. The van der Waals surface area contributed by atoms with Crippen molar-refractivity contribution in [2.45, 2.75) is 39.2 Å². The number of unbranched alkanes of at least 4 members (excludes halogenated alkanes) is 1. The molecule has 1 rings (SSSR count). The van der Waals surface area contributed by atoms with E-state index >= 15 is 0 Å². The van der Waals surface area contributed by atoms with Crippen LogP contribution in [0.25, 0.3) is 0 Å². The molecule has 0 saturated carbocycles. The van der Waals surface area contributed by atoms with Crippen molar-refractivity contribution in [2.75, 3.05) is 38.5 Å². The lowest BCUT2D eigenvalue weighted by Gasteiger charge is -2.36. The molecule has 0 bridgehead atoms. The van der Waals surface area contributed by atoms with Crippen LogP contribution in [0.2, 0.25) is 0 Å². The largest absolute Gasteiger partial charge is 0.389 e.